The van der Waals surface area contributed by atoms with Crippen LogP contribution in [0.1, 0.15) is 24.2 Å². The lowest BCUT2D eigenvalue weighted by Gasteiger charge is -2.19. The molecule has 0 heterocycles. The number of likely N-dealkylation sites (N-methyl/N-ethyl adjacent to an activating group) is 1. The van der Waals surface area contributed by atoms with Crippen molar-refractivity contribution >= 4 is 18.4 Å². The summed E-state index contributed by atoms with van der Waals surface area (Å²) >= 11 is 0. The molecule has 0 spiro atoms. The molecule has 4 nitrogen and oxygen atoms in total. The van der Waals surface area contributed by atoms with Gasteiger partial charge in [0.05, 0.1) is 5.97 Å². The second-order valence-electron chi connectivity index (χ2n) is 3.66. The number of rotatable bonds is 7. The molecule has 0 aliphatic carbocycles. The molecule has 5 heteroatoms. The van der Waals surface area contributed by atoms with Gasteiger partial charge in [0.2, 0.25) is 0 Å². The monoisotopic (exact) mass is 272 g/mol. The second-order valence-corrected chi connectivity index (χ2v) is 3.66. The van der Waals surface area contributed by atoms with Crippen LogP contribution in [0.2, 0.25) is 0 Å². The third-order valence-electron chi connectivity index (χ3n) is 2.67. The lowest BCUT2D eigenvalue weighted by Crippen LogP contribution is -2.28. The Morgan fingerprint density at radius 2 is 1.89 bits per heavy atom. The van der Waals surface area contributed by atoms with Crippen LogP contribution < -0.4 is 9.84 Å². The Hall–Kier alpha value is -1.26. The molecule has 102 valence electrons. The quantitative estimate of drug-likeness (QED) is 0.748. The molecular weight excluding hydrogens is 254 g/mol. The Morgan fingerprint density at radius 1 is 1.28 bits per heavy atom. The van der Waals surface area contributed by atoms with Crippen LogP contribution in [0.3, 0.4) is 0 Å². The van der Waals surface area contributed by atoms with Gasteiger partial charge in [-0.05, 0) is 25.2 Å². The van der Waals surface area contributed by atoms with E-state index in [1.807, 2.05) is 0 Å². The van der Waals surface area contributed by atoms with E-state index in [2.05, 4.69) is 18.7 Å². The molecule has 0 amide bonds. The van der Waals surface area contributed by atoms with Crippen molar-refractivity contribution in [2.75, 3.05) is 26.2 Å². The van der Waals surface area contributed by atoms with Gasteiger partial charge in [-0.3, -0.25) is 0 Å². The van der Waals surface area contributed by atoms with Gasteiger partial charge in [-0.25, -0.2) is 0 Å². The zero-order valence-corrected chi connectivity index (χ0v) is 11.5. The largest absolute Gasteiger partial charge is 0.545 e. The fourth-order valence-electron chi connectivity index (χ4n) is 1.59. The number of para-hydroxylation sites is 1. The van der Waals surface area contributed by atoms with Crippen molar-refractivity contribution in [2.24, 2.45) is 0 Å². The molecule has 1 aromatic rings. The molecule has 0 aliphatic rings. The highest BCUT2D eigenvalue weighted by Gasteiger charge is 2.04. The summed E-state index contributed by atoms with van der Waals surface area (Å²) in [5, 5.41) is 10.8. The summed E-state index contributed by atoms with van der Waals surface area (Å²) in [5.41, 5.74) is 0.104. The fraction of sp³-hybridized carbons (Fsp3) is 0.462. The van der Waals surface area contributed by atoms with E-state index in [4.69, 9.17) is 4.74 Å². The number of carbonyl (C=O) groups is 1. The van der Waals surface area contributed by atoms with Crippen LogP contribution in [0.15, 0.2) is 24.3 Å². The zero-order chi connectivity index (χ0) is 12.7. The maximum Gasteiger partial charge on any atom is 0.128 e. The summed E-state index contributed by atoms with van der Waals surface area (Å²) in [5.74, 6) is -0.830. The minimum absolute atomic E-state index is 0. The highest BCUT2D eigenvalue weighted by Crippen LogP contribution is 2.16. The predicted molar refractivity (Wildman–Crippen MR) is 71.3 cm³/mol. The number of hydrogen-bond acceptors (Lipinski definition) is 4. The number of halogens is 1. The van der Waals surface area contributed by atoms with E-state index in [-0.39, 0.29) is 18.0 Å². The number of aromatic carboxylic acids is 1. The van der Waals surface area contributed by atoms with Crippen molar-refractivity contribution in [3.63, 3.8) is 0 Å². The van der Waals surface area contributed by atoms with E-state index in [9.17, 15) is 9.90 Å². The first-order chi connectivity index (χ1) is 8.19. The van der Waals surface area contributed by atoms with Crippen LogP contribution >= 0.6 is 12.4 Å². The maximum atomic E-state index is 10.8. The van der Waals surface area contributed by atoms with E-state index in [1.54, 1.807) is 18.2 Å². The molecule has 0 unspecified atom stereocenters. The smallest absolute Gasteiger partial charge is 0.128 e. The Bertz CT molecular complexity index is 367. The molecule has 0 aromatic heterocycles. The number of carbonyl (C=O) groups excluding carboxylic acids is 1. The van der Waals surface area contributed by atoms with Crippen LogP contribution in [0, 0.1) is 0 Å². The topological polar surface area (TPSA) is 52.6 Å². The summed E-state index contributed by atoms with van der Waals surface area (Å²) in [6.07, 6.45) is 0. The van der Waals surface area contributed by atoms with Crippen LogP contribution in [0.5, 0.6) is 5.75 Å². The van der Waals surface area contributed by atoms with E-state index in [0.29, 0.717) is 12.4 Å². The third kappa shape index (κ3) is 4.94. The van der Waals surface area contributed by atoms with Gasteiger partial charge in [-0.15, -0.1) is 12.4 Å². The van der Waals surface area contributed by atoms with E-state index in [0.717, 1.165) is 19.6 Å². The van der Waals surface area contributed by atoms with Gasteiger partial charge in [0.1, 0.15) is 12.4 Å². The molecule has 0 atom stereocenters. The van der Waals surface area contributed by atoms with Gasteiger partial charge in [-0.2, -0.15) is 0 Å². The van der Waals surface area contributed by atoms with Crippen molar-refractivity contribution in [1.82, 2.24) is 4.90 Å². The average Bonchev–Trinajstić information content (AvgIpc) is 2.35. The molecule has 0 saturated heterocycles. The van der Waals surface area contributed by atoms with E-state index >= 15 is 0 Å². The Balaban J connectivity index is 0.00000289. The minimum Gasteiger partial charge on any atom is -0.545 e. The standard InChI is InChI=1S/C13H19NO3.ClH/c1-3-14(4-2)9-10-17-12-8-6-5-7-11(12)13(15)16;/h5-8H,3-4,9-10H2,1-2H3,(H,15,16);1H/p-1. The summed E-state index contributed by atoms with van der Waals surface area (Å²) in [6.45, 7) is 7.35. The second kappa shape index (κ2) is 8.78. The fourth-order valence-corrected chi connectivity index (χ4v) is 1.59. The van der Waals surface area contributed by atoms with Gasteiger partial charge in [-0.1, -0.05) is 26.0 Å². The first-order valence-corrected chi connectivity index (χ1v) is 5.84. The number of benzene rings is 1. The molecule has 0 bridgehead atoms. The number of carboxylic acid groups (broad SMARTS) is 1. The lowest BCUT2D eigenvalue weighted by atomic mass is 10.2. The summed E-state index contributed by atoms with van der Waals surface area (Å²) in [6, 6.07) is 6.54. The number of ether oxygens (including phenoxy) is 1. The average molecular weight is 273 g/mol. The van der Waals surface area contributed by atoms with Gasteiger partial charge < -0.3 is 19.5 Å². The van der Waals surface area contributed by atoms with Crippen molar-refractivity contribution in [2.45, 2.75) is 13.8 Å². The highest BCUT2D eigenvalue weighted by molar-refractivity contribution is 5.89. The molecule has 0 aliphatic heterocycles. The van der Waals surface area contributed by atoms with Crippen LogP contribution in [-0.4, -0.2) is 37.1 Å². The molecule has 1 rings (SSSR count). The lowest BCUT2D eigenvalue weighted by molar-refractivity contribution is -0.255. The third-order valence-corrected chi connectivity index (χ3v) is 2.67. The summed E-state index contributed by atoms with van der Waals surface area (Å²) < 4.78 is 5.47. The molecule has 18 heavy (non-hydrogen) atoms. The van der Waals surface area contributed by atoms with Gasteiger partial charge in [0.25, 0.3) is 0 Å². The molecule has 0 radical (unpaired) electrons. The van der Waals surface area contributed by atoms with Crippen molar-refractivity contribution in [3.8, 4) is 5.75 Å². The zero-order valence-electron chi connectivity index (χ0n) is 10.7. The summed E-state index contributed by atoms with van der Waals surface area (Å²) in [7, 11) is 0. The van der Waals surface area contributed by atoms with Crippen molar-refractivity contribution < 1.29 is 14.6 Å². The number of carboxylic acids is 1. The van der Waals surface area contributed by atoms with E-state index in [1.165, 1.54) is 6.07 Å². The summed E-state index contributed by atoms with van der Waals surface area (Å²) in [4.78, 5) is 13.0. The van der Waals surface area contributed by atoms with Crippen LogP contribution in [0.25, 0.3) is 0 Å². The Morgan fingerprint density at radius 3 is 2.44 bits per heavy atom. The van der Waals surface area contributed by atoms with Gasteiger partial charge in [0.15, 0.2) is 0 Å². The van der Waals surface area contributed by atoms with Gasteiger partial charge >= 0.3 is 0 Å². The molecular formula is C13H19ClNO3-. The molecule has 1 aromatic carbocycles. The van der Waals surface area contributed by atoms with E-state index < -0.39 is 5.97 Å². The SMILES string of the molecule is CCN(CC)CCOc1ccccc1C(=O)[O-].Cl. The number of hydrogen-bond donors (Lipinski definition) is 0. The molecule has 0 saturated carbocycles. The first-order valence-electron chi connectivity index (χ1n) is 5.84. The molecule has 0 N–H and O–H groups in total. The first kappa shape index (κ1) is 16.7. The van der Waals surface area contributed by atoms with Crippen molar-refractivity contribution in [1.29, 1.82) is 0 Å². The Kier molecular flexibility index (Phi) is 8.16. The van der Waals surface area contributed by atoms with Crippen LogP contribution in [-0.2, 0) is 0 Å². The molecule has 0 fully saturated rings. The number of nitrogens with zero attached hydrogens (tertiary/aromatic N) is 1. The Labute approximate surface area is 114 Å². The van der Waals surface area contributed by atoms with Gasteiger partial charge in [0, 0.05) is 12.1 Å². The van der Waals surface area contributed by atoms with Crippen molar-refractivity contribution in [3.05, 3.63) is 29.8 Å². The normalized spacial score (nSPS) is 9.94. The predicted octanol–water partition coefficient (Wildman–Crippen LogP) is 1.19. The van der Waals surface area contributed by atoms with Crippen LogP contribution in [0.4, 0.5) is 0 Å². The minimum atomic E-state index is -1.21. The highest BCUT2D eigenvalue weighted by atomic mass is 35.5. The maximum absolute atomic E-state index is 10.8.